The van der Waals surface area contributed by atoms with Crippen LogP contribution in [0.2, 0.25) is 0 Å². The number of piperidine rings is 1. The summed E-state index contributed by atoms with van der Waals surface area (Å²) >= 11 is 0. The Bertz CT molecular complexity index is 1940. The second-order valence-corrected chi connectivity index (χ2v) is 18.8. The van der Waals surface area contributed by atoms with Gasteiger partial charge in [0.2, 0.25) is 29.5 Å². The Morgan fingerprint density at radius 2 is 1.42 bits per heavy atom. The number of aliphatic carboxylic acids is 1. The summed E-state index contributed by atoms with van der Waals surface area (Å²) in [5.41, 5.74) is 1.98. The summed E-state index contributed by atoms with van der Waals surface area (Å²) < 4.78 is 4.63. The molecule has 6 amide bonds. The lowest BCUT2D eigenvalue weighted by Gasteiger charge is -2.41. The number of ether oxygens (including phenoxy) is 1. The first-order chi connectivity index (χ1) is 30.7. The van der Waals surface area contributed by atoms with E-state index in [4.69, 9.17) is 5.73 Å². The zero-order chi connectivity index (χ0) is 48.1. The predicted octanol–water partition coefficient (Wildman–Crippen LogP) is 3.05. The SMILES string of the molecule is COC(=O)/C=C/CC[C@H](NC(=O)C1=C(C(=O)O)C=CC(C)([N+](=O)[O-])C=C1)C(=O)N[C@H](C(=O)N1CCCC[C@H]1C(=O)N[C@H](C(=O)N[C@H](C(N)=O)C1CCCCC1)C1CCCCC1)C(C)(C)C. The second-order valence-electron chi connectivity index (χ2n) is 18.8. The van der Waals surface area contributed by atoms with Gasteiger partial charge in [-0.3, -0.25) is 38.9 Å². The van der Waals surface area contributed by atoms with Crippen molar-refractivity contribution in [3.8, 4) is 0 Å². The number of carbonyl (C=O) groups excluding carboxylic acids is 7. The summed E-state index contributed by atoms with van der Waals surface area (Å²) in [5, 5.41) is 32.9. The monoisotopic (exact) mass is 909 g/mol. The van der Waals surface area contributed by atoms with E-state index in [0.29, 0.717) is 25.7 Å². The molecule has 1 heterocycles. The highest BCUT2D eigenvalue weighted by molar-refractivity contribution is 6.07. The van der Waals surface area contributed by atoms with Crippen molar-refractivity contribution < 1.29 is 53.1 Å². The van der Waals surface area contributed by atoms with Crippen LogP contribution in [-0.2, 0) is 43.1 Å². The molecule has 7 N–H and O–H groups in total. The molecule has 6 atom stereocenters. The van der Waals surface area contributed by atoms with Crippen molar-refractivity contribution in [1.82, 2.24) is 26.2 Å². The Labute approximate surface area is 380 Å². The summed E-state index contributed by atoms with van der Waals surface area (Å²) in [6.07, 6.45) is 16.4. The highest BCUT2D eigenvalue weighted by Crippen LogP contribution is 2.31. The van der Waals surface area contributed by atoms with Gasteiger partial charge < -0.3 is 41.7 Å². The van der Waals surface area contributed by atoms with Crippen LogP contribution in [0.1, 0.15) is 124 Å². The van der Waals surface area contributed by atoms with E-state index in [9.17, 15) is 53.6 Å². The number of allylic oxidation sites excluding steroid dienone is 1. The van der Waals surface area contributed by atoms with Gasteiger partial charge in [-0.05, 0) is 99.3 Å². The molecule has 358 valence electrons. The van der Waals surface area contributed by atoms with Gasteiger partial charge in [0.15, 0.2) is 0 Å². The zero-order valence-electron chi connectivity index (χ0n) is 38.2. The average Bonchev–Trinajstić information content (AvgIpc) is 3.47. The summed E-state index contributed by atoms with van der Waals surface area (Å²) in [6.45, 7) is 6.52. The molecular weight excluding hydrogens is 843 g/mol. The third-order valence-corrected chi connectivity index (χ3v) is 12.9. The molecule has 1 unspecified atom stereocenters. The molecular formula is C46H67N7O12. The summed E-state index contributed by atoms with van der Waals surface area (Å²) in [7, 11) is 1.18. The number of methoxy groups -OCH3 is 1. The fraction of sp³-hybridized carbons (Fsp3) is 0.652. The molecule has 0 aromatic heterocycles. The predicted molar refractivity (Wildman–Crippen MR) is 238 cm³/mol. The molecule has 1 saturated heterocycles. The number of hydrogen-bond donors (Lipinski definition) is 6. The van der Waals surface area contributed by atoms with E-state index >= 15 is 0 Å². The first kappa shape index (κ1) is 51.8. The maximum Gasteiger partial charge on any atom is 0.336 e. The number of carboxylic acid groups (broad SMARTS) is 1. The van der Waals surface area contributed by atoms with Gasteiger partial charge in [-0.25, -0.2) is 9.59 Å². The molecule has 2 saturated carbocycles. The van der Waals surface area contributed by atoms with Crippen LogP contribution in [0.15, 0.2) is 47.6 Å². The number of rotatable bonds is 18. The second kappa shape index (κ2) is 23.3. The smallest absolute Gasteiger partial charge is 0.336 e. The quantitative estimate of drug-likeness (QED) is 0.0501. The molecule has 0 aromatic rings. The maximum absolute atomic E-state index is 14.8. The number of esters is 1. The van der Waals surface area contributed by atoms with Crippen molar-refractivity contribution >= 4 is 47.4 Å². The molecule has 19 heteroatoms. The normalized spacial score (nSPS) is 22.7. The molecule has 65 heavy (non-hydrogen) atoms. The van der Waals surface area contributed by atoms with Gasteiger partial charge in [-0.15, -0.1) is 0 Å². The topological polar surface area (TPSA) is 287 Å². The number of carbonyl (C=O) groups is 8. The Kier molecular flexibility index (Phi) is 18.6. The van der Waals surface area contributed by atoms with Gasteiger partial charge in [0.05, 0.1) is 18.3 Å². The number of nitrogens with one attached hydrogen (secondary N) is 4. The largest absolute Gasteiger partial charge is 0.478 e. The molecule has 3 fully saturated rings. The number of nitrogens with two attached hydrogens (primary N) is 1. The van der Waals surface area contributed by atoms with Crippen LogP contribution in [0.5, 0.6) is 0 Å². The molecule has 0 radical (unpaired) electrons. The van der Waals surface area contributed by atoms with E-state index < -0.39 is 105 Å². The number of hydrogen-bond acceptors (Lipinski definition) is 11. The van der Waals surface area contributed by atoms with Crippen LogP contribution in [0.4, 0.5) is 0 Å². The van der Waals surface area contributed by atoms with Crippen LogP contribution in [0.25, 0.3) is 0 Å². The first-order valence-corrected chi connectivity index (χ1v) is 22.7. The molecule has 4 aliphatic rings. The molecule has 4 rings (SSSR count). The Hall–Kier alpha value is -5.88. The highest BCUT2D eigenvalue weighted by atomic mass is 16.6. The third-order valence-electron chi connectivity index (χ3n) is 12.9. The minimum atomic E-state index is -1.84. The first-order valence-electron chi connectivity index (χ1n) is 22.7. The zero-order valence-corrected chi connectivity index (χ0v) is 38.2. The number of carboxylic acids is 1. The van der Waals surface area contributed by atoms with Crippen molar-refractivity contribution in [2.45, 2.75) is 160 Å². The lowest BCUT2D eigenvalue weighted by Crippen LogP contribution is -2.64. The van der Waals surface area contributed by atoms with Crippen LogP contribution >= 0.6 is 0 Å². The van der Waals surface area contributed by atoms with Crippen LogP contribution in [0, 0.1) is 27.4 Å². The van der Waals surface area contributed by atoms with E-state index in [1.165, 1.54) is 25.0 Å². The van der Waals surface area contributed by atoms with Crippen molar-refractivity contribution in [3.63, 3.8) is 0 Å². The van der Waals surface area contributed by atoms with E-state index in [1.807, 2.05) is 0 Å². The minimum absolute atomic E-state index is 0.0342. The molecule has 0 bridgehead atoms. The van der Waals surface area contributed by atoms with Gasteiger partial charge in [-0.2, -0.15) is 0 Å². The van der Waals surface area contributed by atoms with Crippen LogP contribution < -0.4 is 27.0 Å². The van der Waals surface area contributed by atoms with Crippen molar-refractivity contribution in [2.24, 2.45) is 23.0 Å². The van der Waals surface area contributed by atoms with Crippen molar-refractivity contribution in [1.29, 1.82) is 0 Å². The van der Waals surface area contributed by atoms with E-state index in [-0.39, 0.29) is 37.6 Å². The molecule has 0 aromatic carbocycles. The van der Waals surface area contributed by atoms with Gasteiger partial charge >= 0.3 is 11.9 Å². The summed E-state index contributed by atoms with van der Waals surface area (Å²) in [5.74, 6) is -6.67. The average molecular weight is 910 g/mol. The Balaban J connectivity index is 1.61. The van der Waals surface area contributed by atoms with Crippen LogP contribution in [0.3, 0.4) is 0 Å². The van der Waals surface area contributed by atoms with Gasteiger partial charge in [0.25, 0.3) is 11.4 Å². The minimum Gasteiger partial charge on any atom is -0.478 e. The standard InChI is InChI=1S/C46H67N7O12/c1-45(2,3)37(51-40(57)32(20-12-13-22-34(54)65-5)48-39(56)30-23-25-46(4,53(63)64)26-24-31(30)44(61)62)43(60)52-27-15-14-21-33(52)41(58)50-36(29-18-10-7-11-19-29)42(59)49-35(38(47)55)28-16-8-6-9-17-28/h13,22-26,28-29,32-33,35-37H,6-12,14-21,27H2,1-5H3,(H2,47,55)(H,48,56)(H,49,59)(H,50,58)(H,51,57)(H,61,62)/b22-13+/t32-,33-,35-,36-,37+,46?/m0/s1. The van der Waals surface area contributed by atoms with E-state index in [2.05, 4.69) is 26.0 Å². The fourth-order valence-corrected chi connectivity index (χ4v) is 9.03. The van der Waals surface area contributed by atoms with Gasteiger partial charge in [0, 0.05) is 24.5 Å². The number of likely N-dealkylation sites (tertiary alicyclic amines) is 1. The third kappa shape index (κ3) is 14.1. The molecule has 19 nitrogen and oxygen atoms in total. The molecule has 0 spiro atoms. The lowest BCUT2D eigenvalue weighted by molar-refractivity contribution is -0.535. The van der Waals surface area contributed by atoms with Gasteiger partial charge in [-0.1, -0.05) is 65.4 Å². The van der Waals surface area contributed by atoms with Crippen molar-refractivity contribution in [2.75, 3.05) is 13.7 Å². The lowest BCUT2D eigenvalue weighted by atomic mass is 9.81. The number of nitro groups is 1. The highest BCUT2D eigenvalue weighted by Gasteiger charge is 2.44. The summed E-state index contributed by atoms with van der Waals surface area (Å²) in [4.78, 5) is 121. The Morgan fingerprint density at radius 1 is 0.846 bits per heavy atom. The molecule has 1 aliphatic heterocycles. The van der Waals surface area contributed by atoms with E-state index in [1.54, 1.807) is 20.8 Å². The number of primary amides is 1. The van der Waals surface area contributed by atoms with Crippen molar-refractivity contribution in [3.05, 3.63) is 57.7 Å². The Morgan fingerprint density at radius 3 is 1.95 bits per heavy atom. The molecule has 3 aliphatic carbocycles. The number of amides is 6. The van der Waals surface area contributed by atoms with E-state index in [0.717, 1.165) is 81.7 Å². The number of nitrogens with zero attached hydrogens (tertiary/aromatic N) is 2. The maximum atomic E-state index is 14.8. The summed E-state index contributed by atoms with van der Waals surface area (Å²) in [6, 6.07) is -5.57. The van der Waals surface area contributed by atoms with Gasteiger partial charge in [0.1, 0.15) is 30.2 Å². The van der Waals surface area contributed by atoms with Crippen LogP contribution in [-0.4, -0.2) is 112 Å². The fourth-order valence-electron chi connectivity index (χ4n) is 9.03.